The van der Waals surface area contributed by atoms with E-state index in [-0.39, 0.29) is 0 Å². The van der Waals surface area contributed by atoms with E-state index in [9.17, 15) is 4.79 Å². The lowest BCUT2D eigenvalue weighted by molar-refractivity contribution is 0.1000. The summed E-state index contributed by atoms with van der Waals surface area (Å²) < 4.78 is 3.23. The Hall–Kier alpha value is -1.14. The van der Waals surface area contributed by atoms with E-state index in [4.69, 9.17) is 5.73 Å². The zero-order valence-corrected chi connectivity index (χ0v) is 11.2. The lowest BCUT2D eigenvalue weighted by Gasteiger charge is -2.06. The summed E-state index contributed by atoms with van der Waals surface area (Å²) in [5, 5.41) is 4.11. The molecule has 0 saturated carbocycles. The normalized spacial score (nSPS) is 10.4. The number of aromatic nitrogens is 2. The van der Waals surface area contributed by atoms with Gasteiger partial charge in [-0.15, -0.1) is 0 Å². The summed E-state index contributed by atoms with van der Waals surface area (Å²) in [4.78, 5) is 11.3. The van der Waals surface area contributed by atoms with E-state index in [2.05, 4.69) is 37.0 Å². The third kappa shape index (κ3) is 2.17. The first-order valence-corrected chi connectivity index (χ1v) is 5.96. The van der Waals surface area contributed by atoms with Gasteiger partial charge >= 0.3 is 0 Å². The predicted molar refractivity (Wildman–Crippen MR) is 67.5 cm³/mol. The number of hydrogen-bond acceptors (Lipinski definition) is 2. The lowest BCUT2D eigenvalue weighted by Crippen LogP contribution is -2.14. The van der Waals surface area contributed by atoms with E-state index in [0.29, 0.717) is 11.3 Å². The van der Waals surface area contributed by atoms with E-state index in [1.807, 2.05) is 6.07 Å². The van der Waals surface area contributed by atoms with E-state index in [0.717, 1.165) is 8.95 Å². The minimum atomic E-state index is -0.483. The van der Waals surface area contributed by atoms with Crippen LogP contribution < -0.4 is 5.73 Å². The molecule has 1 aromatic heterocycles. The van der Waals surface area contributed by atoms with E-state index < -0.39 is 5.91 Å². The van der Waals surface area contributed by atoms with Crippen LogP contribution in [0.15, 0.2) is 39.5 Å². The molecule has 0 radical (unpaired) electrons. The Balaban J connectivity index is 2.60. The average Bonchev–Trinajstić information content (AvgIpc) is 2.64. The molecule has 16 heavy (non-hydrogen) atoms. The fourth-order valence-corrected chi connectivity index (χ4v) is 1.98. The number of hydrogen-bond donors (Lipinski definition) is 1. The van der Waals surface area contributed by atoms with Gasteiger partial charge in [-0.05, 0) is 34.1 Å². The highest BCUT2D eigenvalue weighted by Crippen LogP contribution is 2.20. The monoisotopic (exact) mass is 343 g/mol. The second-order valence-electron chi connectivity index (χ2n) is 3.13. The van der Waals surface area contributed by atoms with Gasteiger partial charge in [0.25, 0.3) is 5.91 Å². The third-order valence-electron chi connectivity index (χ3n) is 2.02. The molecule has 2 rings (SSSR count). The number of nitrogens with two attached hydrogens (primary N) is 1. The van der Waals surface area contributed by atoms with Crippen LogP contribution >= 0.6 is 31.9 Å². The van der Waals surface area contributed by atoms with Crippen LogP contribution in [0.25, 0.3) is 5.69 Å². The minimum absolute atomic E-state index is 0.421. The number of nitrogens with zero attached hydrogens (tertiary/aromatic N) is 2. The van der Waals surface area contributed by atoms with E-state index in [1.165, 1.54) is 0 Å². The van der Waals surface area contributed by atoms with Crippen LogP contribution in [-0.2, 0) is 0 Å². The van der Waals surface area contributed by atoms with Crippen molar-refractivity contribution in [2.75, 3.05) is 0 Å². The van der Waals surface area contributed by atoms with Crippen molar-refractivity contribution in [3.63, 3.8) is 0 Å². The van der Waals surface area contributed by atoms with Crippen molar-refractivity contribution in [3.8, 4) is 5.69 Å². The van der Waals surface area contributed by atoms with Crippen LogP contribution in [0.2, 0.25) is 0 Å². The van der Waals surface area contributed by atoms with Crippen LogP contribution in [-0.4, -0.2) is 15.7 Å². The van der Waals surface area contributed by atoms with Crippen molar-refractivity contribution in [2.24, 2.45) is 5.73 Å². The van der Waals surface area contributed by atoms with Gasteiger partial charge in [0.05, 0.1) is 21.9 Å². The Kier molecular flexibility index (Phi) is 3.11. The van der Waals surface area contributed by atoms with Gasteiger partial charge in [-0.1, -0.05) is 15.9 Å². The SMILES string of the molecule is NC(=O)c1cc(Br)ccc1-n1cc(Br)cn1. The van der Waals surface area contributed by atoms with Crippen LogP contribution in [0.4, 0.5) is 0 Å². The second-order valence-corrected chi connectivity index (χ2v) is 4.96. The number of halogens is 2. The highest BCUT2D eigenvalue weighted by Gasteiger charge is 2.11. The van der Waals surface area contributed by atoms with Crippen molar-refractivity contribution >= 4 is 37.8 Å². The molecule has 1 aromatic carbocycles. The smallest absolute Gasteiger partial charge is 0.250 e. The molecule has 1 heterocycles. The quantitative estimate of drug-likeness (QED) is 0.909. The summed E-state index contributed by atoms with van der Waals surface area (Å²) in [7, 11) is 0. The summed E-state index contributed by atoms with van der Waals surface area (Å²) in [5.74, 6) is -0.483. The molecule has 6 heteroatoms. The van der Waals surface area contributed by atoms with Gasteiger partial charge < -0.3 is 5.73 Å². The maximum atomic E-state index is 11.3. The van der Waals surface area contributed by atoms with Crippen LogP contribution in [0, 0.1) is 0 Å². The molecule has 0 bridgehead atoms. The van der Waals surface area contributed by atoms with Crippen LogP contribution in [0.3, 0.4) is 0 Å². The number of rotatable bonds is 2. The largest absolute Gasteiger partial charge is 0.366 e. The summed E-state index contributed by atoms with van der Waals surface area (Å²) in [6.07, 6.45) is 3.41. The molecule has 2 aromatic rings. The van der Waals surface area contributed by atoms with Crippen LogP contribution in [0.5, 0.6) is 0 Å². The fourth-order valence-electron chi connectivity index (χ4n) is 1.34. The fraction of sp³-hybridized carbons (Fsp3) is 0. The molecule has 0 aliphatic heterocycles. The molecule has 0 fully saturated rings. The summed E-state index contributed by atoms with van der Waals surface area (Å²) in [6, 6.07) is 5.29. The van der Waals surface area contributed by atoms with Crippen LogP contribution in [0.1, 0.15) is 10.4 Å². The maximum Gasteiger partial charge on any atom is 0.250 e. The van der Waals surface area contributed by atoms with Gasteiger partial charge in [0, 0.05) is 10.7 Å². The van der Waals surface area contributed by atoms with Gasteiger partial charge in [0.1, 0.15) is 0 Å². The molecule has 0 saturated heterocycles. The lowest BCUT2D eigenvalue weighted by atomic mass is 10.1. The highest BCUT2D eigenvalue weighted by molar-refractivity contribution is 9.10. The number of carbonyl (C=O) groups is 1. The van der Waals surface area contributed by atoms with Crippen molar-refractivity contribution < 1.29 is 4.79 Å². The third-order valence-corrected chi connectivity index (χ3v) is 2.92. The first-order chi connectivity index (χ1) is 7.58. The molecule has 2 N–H and O–H groups in total. The molecule has 0 aliphatic carbocycles. The van der Waals surface area contributed by atoms with Gasteiger partial charge in [-0.3, -0.25) is 4.79 Å². The van der Waals surface area contributed by atoms with E-state index in [1.54, 1.807) is 29.2 Å². The second kappa shape index (κ2) is 4.39. The van der Waals surface area contributed by atoms with Crippen molar-refractivity contribution in [2.45, 2.75) is 0 Å². The van der Waals surface area contributed by atoms with Crippen molar-refractivity contribution in [3.05, 3.63) is 45.1 Å². The summed E-state index contributed by atoms with van der Waals surface area (Å²) in [6.45, 7) is 0. The zero-order chi connectivity index (χ0) is 11.7. The molecule has 0 atom stereocenters. The molecule has 0 aliphatic rings. The average molecular weight is 345 g/mol. The number of benzene rings is 1. The topological polar surface area (TPSA) is 60.9 Å². The molecule has 0 spiro atoms. The maximum absolute atomic E-state index is 11.3. The molecule has 82 valence electrons. The van der Waals surface area contributed by atoms with Crippen molar-refractivity contribution in [1.29, 1.82) is 0 Å². The number of amides is 1. The molecule has 0 unspecified atom stereocenters. The zero-order valence-electron chi connectivity index (χ0n) is 8.02. The molecular weight excluding hydrogens is 338 g/mol. The molecular formula is C10H7Br2N3O. The van der Waals surface area contributed by atoms with E-state index >= 15 is 0 Å². The number of primary amides is 1. The minimum Gasteiger partial charge on any atom is -0.366 e. The Morgan fingerprint density at radius 3 is 2.62 bits per heavy atom. The first kappa shape index (κ1) is 11.3. The Labute approximate surface area is 109 Å². The molecule has 1 amide bonds. The molecule has 4 nitrogen and oxygen atoms in total. The van der Waals surface area contributed by atoms with Gasteiger partial charge in [0.15, 0.2) is 0 Å². The summed E-state index contributed by atoms with van der Waals surface area (Å²) in [5.41, 5.74) is 6.39. The summed E-state index contributed by atoms with van der Waals surface area (Å²) >= 11 is 6.59. The Bertz CT molecular complexity index is 551. The highest BCUT2D eigenvalue weighted by atomic mass is 79.9. The van der Waals surface area contributed by atoms with Crippen molar-refractivity contribution in [1.82, 2.24) is 9.78 Å². The standard InChI is InChI=1S/C10H7Br2N3O/c11-6-1-2-9(8(3-6)10(13)16)15-5-7(12)4-14-15/h1-5H,(H2,13,16). The van der Waals surface area contributed by atoms with Gasteiger partial charge in [0.2, 0.25) is 0 Å². The Morgan fingerprint density at radius 2 is 2.06 bits per heavy atom. The Morgan fingerprint density at radius 1 is 1.31 bits per heavy atom. The predicted octanol–water partition coefficient (Wildman–Crippen LogP) is 2.50. The van der Waals surface area contributed by atoms with Gasteiger partial charge in [-0.2, -0.15) is 5.10 Å². The number of carbonyl (C=O) groups excluding carboxylic acids is 1. The first-order valence-electron chi connectivity index (χ1n) is 4.38. The van der Waals surface area contributed by atoms with Gasteiger partial charge in [-0.25, -0.2) is 4.68 Å².